The van der Waals surface area contributed by atoms with Crippen molar-refractivity contribution < 1.29 is 42.9 Å². The first-order valence-corrected chi connectivity index (χ1v) is 10.1. The zero-order valence-electron chi connectivity index (χ0n) is 14.4. The number of hydrogen-bond acceptors (Lipinski definition) is 10. The fourth-order valence-electron chi connectivity index (χ4n) is 2.98. The summed E-state index contributed by atoms with van der Waals surface area (Å²) in [7, 11) is -3.95. The van der Waals surface area contributed by atoms with Crippen molar-refractivity contribution in [2.24, 2.45) is 0 Å². The van der Waals surface area contributed by atoms with Crippen molar-refractivity contribution in [3.63, 3.8) is 0 Å². The summed E-state index contributed by atoms with van der Waals surface area (Å²) in [6, 6.07) is 0. The fourth-order valence-corrected chi connectivity index (χ4v) is 3.47. The second-order valence-corrected chi connectivity index (χ2v) is 8.11. The smallest absolute Gasteiger partial charge is 0.266 e. The largest absolute Gasteiger partial charge is 0.394 e. The van der Waals surface area contributed by atoms with Gasteiger partial charge in [0.05, 0.1) is 19.0 Å². The van der Waals surface area contributed by atoms with Crippen LogP contribution >= 0.6 is 0 Å². The van der Waals surface area contributed by atoms with E-state index in [1.54, 1.807) is 0 Å². The molecule has 0 unspecified atom stereocenters. The lowest BCUT2D eigenvalue weighted by Crippen LogP contribution is -2.59. The molecule has 0 aliphatic carbocycles. The lowest BCUT2D eigenvalue weighted by molar-refractivity contribution is -0.301. The second-order valence-electron chi connectivity index (χ2n) is 6.54. The highest BCUT2D eigenvalue weighted by Gasteiger charge is 2.43. The van der Waals surface area contributed by atoms with Crippen molar-refractivity contribution in [2.75, 3.05) is 58.2 Å². The van der Waals surface area contributed by atoms with E-state index in [4.69, 9.17) is 19.1 Å². The molecule has 5 N–H and O–H groups in total. The molecule has 5 atom stereocenters. The summed E-state index contributed by atoms with van der Waals surface area (Å²) < 4.78 is 41.0. The van der Waals surface area contributed by atoms with Crippen LogP contribution in [0, 0.1) is 0 Å². The van der Waals surface area contributed by atoms with E-state index in [1.165, 1.54) is 0 Å². The molecule has 2 aliphatic rings. The van der Waals surface area contributed by atoms with Crippen molar-refractivity contribution in [2.45, 2.75) is 30.7 Å². The van der Waals surface area contributed by atoms with E-state index in [1.807, 2.05) is 4.90 Å². The molecule has 0 aromatic rings. The molecule has 12 heteroatoms. The number of rotatable bonds is 8. The predicted octanol–water partition coefficient (Wildman–Crippen LogP) is -3.69. The van der Waals surface area contributed by atoms with Gasteiger partial charge in [-0.3, -0.25) is 14.4 Å². The van der Waals surface area contributed by atoms with E-state index in [0.29, 0.717) is 32.7 Å². The maximum atomic E-state index is 10.8. The molecule has 0 aromatic carbocycles. The number of hydrogen-bond donors (Lipinski definition) is 5. The maximum absolute atomic E-state index is 10.8. The van der Waals surface area contributed by atoms with Crippen LogP contribution in [0.1, 0.15) is 0 Å². The van der Waals surface area contributed by atoms with Crippen molar-refractivity contribution in [3.8, 4) is 0 Å². The summed E-state index contributed by atoms with van der Waals surface area (Å²) in [5.41, 5.74) is 0. The normalized spacial score (nSPS) is 34.9. The van der Waals surface area contributed by atoms with Gasteiger partial charge in [-0.2, -0.15) is 8.42 Å². The van der Waals surface area contributed by atoms with Crippen LogP contribution in [0.4, 0.5) is 0 Å². The van der Waals surface area contributed by atoms with Gasteiger partial charge in [-0.1, -0.05) is 0 Å². The Kier molecular flexibility index (Phi) is 8.15. The molecule has 2 saturated heterocycles. The van der Waals surface area contributed by atoms with Crippen LogP contribution in [-0.4, -0.2) is 132 Å². The number of piperazine rings is 1. The lowest BCUT2D eigenvalue weighted by atomic mass is 9.99. The van der Waals surface area contributed by atoms with E-state index >= 15 is 0 Å². The van der Waals surface area contributed by atoms with Crippen LogP contribution in [0.25, 0.3) is 0 Å². The molecule has 0 saturated carbocycles. The Labute approximate surface area is 152 Å². The summed E-state index contributed by atoms with van der Waals surface area (Å²) in [6.45, 7) is 3.26. The first-order chi connectivity index (χ1) is 12.2. The van der Waals surface area contributed by atoms with Crippen LogP contribution < -0.4 is 0 Å². The highest BCUT2D eigenvalue weighted by molar-refractivity contribution is 7.85. The molecular formula is C14H28N2O9S. The zero-order valence-corrected chi connectivity index (χ0v) is 15.2. The average molecular weight is 400 g/mol. The van der Waals surface area contributed by atoms with Crippen molar-refractivity contribution in [1.82, 2.24) is 9.80 Å². The van der Waals surface area contributed by atoms with E-state index in [2.05, 4.69) is 4.90 Å². The predicted molar refractivity (Wildman–Crippen MR) is 89.0 cm³/mol. The van der Waals surface area contributed by atoms with Gasteiger partial charge in [-0.05, 0) is 0 Å². The molecule has 154 valence electrons. The Morgan fingerprint density at radius 3 is 2.08 bits per heavy atom. The lowest BCUT2D eigenvalue weighted by Gasteiger charge is -2.40. The highest BCUT2D eigenvalue weighted by atomic mass is 32.2. The molecule has 0 spiro atoms. The van der Waals surface area contributed by atoms with Crippen molar-refractivity contribution in [1.29, 1.82) is 0 Å². The summed E-state index contributed by atoms with van der Waals surface area (Å²) in [5, 5.41) is 38.4. The molecule has 0 bridgehead atoms. The minimum absolute atomic E-state index is 0.216. The Bertz CT molecular complexity index is 525. The second kappa shape index (κ2) is 9.68. The SMILES string of the molecule is O=S(=O)(O)CCN1CCN(CCO[C@@H]2O[C@H](CO)[C@@H](O)[C@H](O)[C@H]2O)CC1. The first kappa shape index (κ1) is 21.9. The minimum Gasteiger partial charge on any atom is -0.394 e. The van der Waals surface area contributed by atoms with E-state index in [0.717, 1.165) is 0 Å². The van der Waals surface area contributed by atoms with Crippen LogP contribution in [0.5, 0.6) is 0 Å². The molecule has 2 rings (SSSR count). The third-order valence-electron chi connectivity index (χ3n) is 4.67. The molecule has 0 amide bonds. The standard InChI is InChI=1S/C14H28N2O9S/c17-9-10-11(18)12(19)13(20)14(25-10)24-7-5-15-1-3-16(4-2-15)6-8-26(21,22)23/h10-14,17-20H,1-9H2,(H,21,22,23)/t10-,11-,12+,13-,14-/m1/s1. The molecule has 26 heavy (non-hydrogen) atoms. The number of aliphatic hydroxyl groups excluding tert-OH is 4. The zero-order chi connectivity index (χ0) is 19.3. The van der Waals surface area contributed by atoms with Crippen molar-refractivity contribution >= 4 is 10.1 Å². The van der Waals surface area contributed by atoms with E-state index < -0.39 is 47.4 Å². The third-order valence-corrected chi connectivity index (χ3v) is 5.37. The fraction of sp³-hybridized carbons (Fsp3) is 1.00. The first-order valence-electron chi connectivity index (χ1n) is 8.53. The Morgan fingerprint density at radius 1 is 0.962 bits per heavy atom. The number of ether oxygens (including phenoxy) is 2. The molecular weight excluding hydrogens is 372 g/mol. The quantitative estimate of drug-likeness (QED) is 0.255. The maximum Gasteiger partial charge on any atom is 0.266 e. The summed E-state index contributed by atoms with van der Waals surface area (Å²) in [4.78, 5) is 4.04. The Balaban J connectivity index is 1.67. The van der Waals surface area contributed by atoms with Crippen molar-refractivity contribution in [3.05, 3.63) is 0 Å². The highest BCUT2D eigenvalue weighted by Crippen LogP contribution is 2.21. The monoisotopic (exact) mass is 400 g/mol. The number of nitrogens with zero attached hydrogens (tertiary/aromatic N) is 2. The summed E-state index contributed by atoms with van der Waals surface area (Å²) in [6.07, 6.45) is -6.42. The van der Waals surface area contributed by atoms with Gasteiger partial charge in [-0.15, -0.1) is 0 Å². The number of aliphatic hydroxyl groups is 4. The van der Waals surface area contributed by atoms with Crippen LogP contribution in [0.2, 0.25) is 0 Å². The van der Waals surface area contributed by atoms with Gasteiger partial charge in [0.1, 0.15) is 24.4 Å². The molecule has 2 fully saturated rings. The van der Waals surface area contributed by atoms with Gasteiger partial charge in [0.15, 0.2) is 6.29 Å². The van der Waals surface area contributed by atoms with Gasteiger partial charge in [-0.25, -0.2) is 0 Å². The van der Waals surface area contributed by atoms with Gasteiger partial charge in [0, 0.05) is 39.3 Å². The third kappa shape index (κ3) is 6.34. The molecule has 0 aromatic heterocycles. The summed E-state index contributed by atoms with van der Waals surface area (Å²) >= 11 is 0. The molecule has 11 nitrogen and oxygen atoms in total. The minimum atomic E-state index is -3.95. The molecule has 2 heterocycles. The molecule has 0 radical (unpaired) electrons. The Morgan fingerprint density at radius 2 is 1.54 bits per heavy atom. The van der Waals surface area contributed by atoms with Crippen LogP contribution in [0.3, 0.4) is 0 Å². The van der Waals surface area contributed by atoms with Crippen LogP contribution in [-0.2, 0) is 19.6 Å². The van der Waals surface area contributed by atoms with E-state index in [-0.39, 0.29) is 18.9 Å². The van der Waals surface area contributed by atoms with Gasteiger partial charge in [0.2, 0.25) is 0 Å². The van der Waals surface area contributed by atoms with Gasteiger partial charge < -0.3 is 29.9 Å². The average Bonchev–Trinajstić information content (AvgIpc) is 2.60. The molecule has 2 aliphatic heterocycles. The summed E-state index contributed by atoms with van der Waals surface area (Å²) in [5.74, 6) is -0.285. The van der Waals surface area contributed by atoms with Gasteiger partial charge >= 0.3 is 0 Å². The topological polar surface area (TPSA) is 160 Å². The Hall–Kier alpha value is -0.410. The van der Waals surface area contributed by atoms with E-state index in [9.17, 15) is 23.7 Å². The van der Waals surface area contributed by atoms with Crippen LogP contribution in [0.15, 0.2) is 0 Å². The van der Waals surface area contributed by atoms with Gasteiger partial charge in [0.25, 0.3) is 10.1 Å².